The Morgan fingerprint density at radius 2 is 1.77 bits per heavy atom. The Morgan fingerprint density at radius 1 is 0.932 bits per heavy atom. The van der Waals surface area contributed by atoms with Crippen LogP contribution in [0.25, 0.3) is 56.0 Å². The predicted octanol–water partition coefficient (Wildman–Crippen LogP) is 4.84. The fraction of sp³-hybridized carbons (Fsp3) is 0.281. The zero-order chi connectivity index (χ0) is 30.0. The predicted molar refractivity (Wildman–Crippen MR) is 166 cm³/mol. The van der Waals surface area contributed by atoms with Crippen molar-refractivity contribution in [3.8, 4) is 45.3 Å². The van der Waals surface area contributed by atoms with Crippen molar-refractivity contribution >= 4 is 22.2 Å². The summed E-state index contributed by atoms with van der Waals surface area (Å²) in [6.07, 6.45) is 9.10. The molecule has 1 aromatic carbocycles. The minimum atomic E-state index is -0.384. The number of hydrogen-bond acceptors (Lipinski definition) is 9. The molecule has 0 bridgehead atoms. The quantitative estimate of drug-likeness (QED) is 0.216. The number of aromatic nitrogens is 7. The van der Waals surface area contributed by atoms with Crippen LogP contribution in [0.4, 0.5) is 4.39 Å². The fourth-order valence-corrected chi connectivity index (χ4v) is 5.40. The van der Waals surface area contributed by atoms with Gasteiger partial charge in [-0.3, -0.25) is 10.1 Å². The van der Waals surface area contributed by atoms with Gasteiger partial charge in [-0.05, 0) is 75.9 Å². The molecule has 3 N–H and O–H groups in total. The fourth-order valence-electron chi connectivity index (χ4n) is 5.40. The van der Waals surface area contributed by atoms with Crippen molar-refractivity contribution in [1.29, 1.82) is 0 Å². The lowest BCUT2D eigenvalue weighted by molar-refractivity contribution is 0.162. The highest BCUT2D eigenvalue weighted by Crippen LogP contribution is 2.34. The number of H-pyrrole nitrogens is 2. The monoisotopic (exact) mass is 593 g/mol. The maximum atomic E-state index is 14.7. The molecular formula is C32H32FN9O2. The SMILES string of the molecule is CN(C)CCOc1cc(F)cc(-c2ccnc3nc(-c4[nH]nc5ncc(-c6cncc(OC7CCNCC7)c6)cc45)[nH]c23)c1. The highest BCUT2D eigenvalue weighted by Gasteiger charge is 2.18. The van der Waals surface area contributed by atoms with Crippen LogP contribution < -0.4 is 14.8 Å². The van der Waals surface area contributed by atoms with Crippen LogP contribution in [0.1, 0.15) is 12.8 Å². The molecule has 1 aliphatic heterocycles. The van der Waals surface area contributed by atoms with E-state index in [9.17, 15) is 4.39 Å². The Hall–Kier alpha value is -4.94. The van der Waals surface area contributed by atoms with E-state index in [1.165, 1.54) is 12.1 Å². The maximum absolute atomic E-state index is 14.7. The number of aromatic amines is 2. The summed E-state index contributed by atoms with van der Waals surface area (Å²) in [6, 6.07) is 10.5. The zero-order valence-corrected chi connectivity index (χ0v) is 24.5. The Morgan fingerprint density at radius 3 is 2.64 bits per heavy atom. The number of imidazole rings is 1. The van der Waals surface area contributed by atoms with Crippen molar-refractivity contribution in [2.45, 2.75) is 18.9 Å². The second-order valence-electron chi connectivity index (χ2n) is 11.1. The molecule has 0 radical (unpaired) electrons. The molecule has 7 rings (SSSR count). The Bertz CT molecular complexity index is 1930. The number of nitrogens with zero attached hydrogens (tertiary/aromatic N) is 6. The van der Waals surface area contributed by atoms with Crippen LogP contribution in [0.3, 0.4) is 0 Å². The number of pyridine rings is 3. The smallest absolute Gasteiger partial charge is 0.181 e. The molecule has 0 aliphatic carbocycles. The highest BCUT2D eigenvalue weighted by atomic mass is 19.1. The first-order valence-corrected chi connectivity index (χ1v) is 14.6. The molecule has 6 aromatic rings. The van der Waals surface area contributed by atoms with Gasteiger partial charge in [-0.15, -0.1) is 0 Å². The van der Waals surface area contributed by atoms with Gasteiger partial charge in [-0.1, -0.05) is 0 Å². The van der Waals surface area contributed by atoms with Gasteiger partial charge in [0.15, 0.2) is 17.1 Å². The Balaban J connectivity index is 1.21. The van der Waals surface area contributed by atoms with Crippen molar-refractivity contribution in [3.63, 3.8) is 0 Å². The summed E-state index contributed by atoms with van der Waals surface area (Å²) in [5.74, 6) is 1.36. The van der Waals surface area contributed by atoms with Crippen LogP contribution in [0.2, 0.25) is 0 Å². The molecule has 11 nitrogen and oxygen atoms in total. The van der Waals surface area contributed by atoms with Gasteiger partial charge in [0, 0.05) is 47.9 Å². The average Bonchev–Trinajstić information content (AvgIpc) is 3.65. The number of fused-ring (bicyclic) bond motifs is 2. The minimum Gasteiger partial charge on any atom is -0.492 e. The first-order valence-electron chi connectivity index (χ1n) is 14.6. The van der Waals surface area contributed by atoms with Gasteiger partial charge < -0.3 is 24.7 Å². The van der Waals surface area contributed by atoms with E-state index in [1.54, 1.807) is 24.8 Å². The van der Waals surface area contributed by atoms with Gasteiger partial charge in [-0.2, -0.15) is 5.10 Å². The lowest BCUT2D eigenvalue weighted by Crippen LogP contribution is -2.34. The van der Waals surface area contributed by atoms with Crippen LogP contribution in [-0.2, 0) is 0 Å². The van der Waals surface area contributed by atoms with E-state index in [0.717, 1.165) is 60.3 Å². The molecule has 5 aromatic heterocycles. The summed E-state index contributed by atoms with van der Waals surface area (Å²) in [5.41, 5.74) is 5.57. The van der Waals surface area contributed by atoms with Gasteiger partial charge in [0.25, 0.3) is 0 Å². The summed E-state index contributed by atoms with van der Waals surface area (Å²) >= 11 is 0. The van der Waals surface area contributed by atoms with Gasteiger partial charge in [-0.25, -0.2) is 19.3 Å². The minimum absolute atomic E-state index is 0.176. The summed E-state index contributed by atoms with van der Waals surface area (Å²) in [6.45, 7) is 3.08. The zero-order valence-electron chi connectivity index (χ0n) is 24.5. The summed E-state index contributed by atoms with van der Waals surface area (Å²) in [5, 5.41) is 11.6. The van der Waals surface area contributed by atoms with Crippen molar-refractivity contribution in [3.05, 3.63) is 67.0 Å². The molecule has 0 amide bonds. The molecule has 6 heterocycles. The van der Waals surface area contributed by atoms with Crippen molar-refractivity contribution < 1.29 is 13.9 Å². The van der Waals surface area contributed by atoms with Crippen LogP contribution >= 0.6 is 0 Å². The second-order valence-corrected chi connectivity index (χ2v) is 11.1. The summed E-state index contributed by atoms with van der Waals surface area (Å²) in [7, 11) is 3.93. The van der Waals surface area contributed by atoms with Crippen LogP contribution in [-0.4, -0.2) is 86.5 Å². The number of piperidine rings is 1. The van der Waals surface area contributed by atoms with E-state index in [-0.39, 0.29) is 11.9 Å². The molecular weight excluding hydrogens is 561 g/mol. The Labute approximate surface area is 252 Å². The molecule has 0 saturated carbocycles. The topological polar surface area (TPSA) is 130 Å². The first-order chi connectivity index (χ1) is 21.5. The van der Waals surface area contributed by atoms with Gasteiger partial charge >= 0.3 is 0 Å². The largest absolute Gasteiger partial charge is 0.492 e. The third kappa shape index (κ3) is 5.81. The number of nitrogens with one attached hydrogen (secondary N) is 3. The third-order valence-corrected chi connectivity index (χ3v) is 7.66. The van der Waals surface area contributed by atoms with E-state index in [0.29, 0.717) is 46.2 Å². The molecule has 12 heteroatoms. The number of rotatable bonds is 9. The van der Waals surface area contributed by atoms with Crippen molar-refractivity contribution in [1.82, 2.24) is 45.3 Å². The molecule has 0 spiro atoms. The van der Waals surface area contributed by atoms with Gasteiger partial charge in [0.2, 0.25) is 0 Å². The summed E-state index contributed by atoms with van der Waals surface area (Å²) in [4.78, 5) is 23.6. The normalized spacial score (nSPS) is 14.1. The van der Waals surface area contributed by atoms with E-state index >= 15 is 0 Å². The van der Waals surface area contributed by atoms with Gasteiger partial charge in [0.1, 0.15) is 35.7 Å². The van der Waals surface area contributed by atoms with Crippen LogP contribution in [0, 0.1) is 5.82 Å². The highest BCUT2D eigenvalue weighted by molar-refractivity contribution is 5.96. The maximum Gasteiger partial charge on any atom is 0.181 e. The van der Waals surface area contributed by atoms with Gasteiger partial charge in [0.05, 0.1) is 17.1 Å². The number of halogens is 1. The van der Waals surface area contributed by atoms with E-state index < -0.39 is 0 Å². The molecule has 224 valence electrons. The lowest BCUT2D eigenvalue weighted by atomic mass is 10.1. The number of likely N-dealkylation sites (N-methyl/N-ethyl adjacent to an activating group) is 1. The average molecular weight is 594 g/mol. The number of hydrogen-bond donors (Lipinski definition) is 3. The van der Waals surface area contributed by atoms with E-state index in [4.69, 9.17) is 14.5 Å². The van der Waals surface area contributed by atoms with Crippen molar-refractivity contribution in [2.24, 2.45) is 0 Å². The molecule has 44 heavy (non-hydrogen) atoms. The molecule has 1 saturated heterocycles. The lowest BCUT2D eigenvalue weighted by Gasteiger charge is -2.23. The van der Waals surface area contributed by atoms with Crippen LogP contribution in [0.5, 0.6) is 11.5 Å². The standard InChI is InChI=1S/C32H32FN9O2/c1-42(2)9-10-43-24-12-19(11-22(33)15-24)26-5-8-36-31-28(26)38-32(39-31)29-27-14-21(17-37-30(27)41-40-29)20-13-25(18-35-16-20)44-23-3-6-34-7-4-23/h5,8,11-18,23,34H,3-4,6-7,9-10H2,1-2H3,(H,36,38,39)(H,37,40,41). The van der Waals surface area contributed by atoms with Crippen molar-refractivity contribution in [2.75, 3.05) is 40.3 Å². The number of benzene rings is 1. The second kappa shape index (κ2) is 12.0. The summed E-state index contributed by atoms with van der Waals surface area (Å²) < 4.78 is 26.7. The number of ether oxygens (including phenoxy) is 2. The Kier molecular flexibility index (Phi) is 7.59. The molecule has 0 unspecified atom stereocenters. The third-order valence-electron chi connectivity index (χ3n) is 7.66. The first kappa shape index (κ1) is 27.9. The van der Waals surface area contributed by atoms with E-state index in [1.807, 2.05) is 43.3 Å². The molecule has 0 atom stereocenters. The molecule has 1 aliphatic rings. The van der Waals surface area contributed by atoms with Crippen LogP contribution in [0.15, 0.2) is 61.2 Å². The van der Waals surface area contributed by atoms with E-state index in [2.05, 4.69) is 35.5 Å². The molecule has 1 fully saturated rings.